The summed E-state index contributed by atoms with van der Waals surface area (Å²) < 4.78 is 7.93. The van der Waals surface area contributed by atoms with Crippen molar-refractivity contribution in [2.24, 2.45) is 5.92 Å². The third kappa shape index (κ3) is 1.83. The van der Waals surface area contributed by atoms with Gasteiger partial charge in [0.15, 0.2) is 0 Å². The molecule has 0 amide bonds. The molecular formula is C13H21NO. The smallest absolute Gasteiger partial charge is 0.115 e. The van der Waals surface area contributed by atoms with E-state index in [1.54, 1.807) is 0 Å². The van der Waals surface area contributed by atoms with E-state index in [1.165, 1.54) is 17.0 Å². The summed E-state index contributed by atoms with van der Waals surface area (Å²) in [6.07, 6.45) is 0. The molecule has 0 spiro atoms. The molecule has 0 aliphatic carbocycles. The zero-order valence-electron chi connectivity index (χ0n) is 10.4. The second-order valence-corrected chi connectivity index (χ2v) is 5.31. The van der Waals surface area contributed by atoms with Gasteiger partial charge in [0.25, 0.3) is 0 Å². The Kier molecular flexibility index (Phi) is 2.42. The minimum Gasteiger partial charge on any atom is -0.365 e. The number of epoxide rings is 1. The highest BCUT2D eigenvalue weighted by molar-refractivity contribution is 5.34. The molecule has 2 rings (SSSR count). The Morgan fingerprint density at radius 3 is 2.53 bits per heavy atom. The number of aromatic nitrogens is 1. The summed E-state index contributed by atoms with van der Waals surface area (Å²) in [5.74, 6) is 0.690. The van der Waals surface area contributed by atoms with Crippen LogP contribution in [0.4, 0.5) is 0 Å². The van der Waals surface area contributed by atoms with Crippen LogP contribution in [0, 0.1) is 19.8 Å². The van der Waals surface area contributed by atoms with Crippen LogP contribution in [0.5, 0.6) is 0 Å². The molecule has 1 aliphatic rings. The molecule has 1 aromatic rings. The number of ether oxygens (including phenoxy) is 1. The highest BCUT2D eigenvalue weighted by Crippen LogP contribution is 2.40. The first-order valence-corrected chi connectivity index (χ1v) is 5.75. The molecule has 1 atom stereocenters. The van der Waals surface area contributed by atoms with Crippen molar-refractivity contribution in [2.75, 3.05) is 6.61 Å². The molecular weight excluding hydrogens is 186 g/mol. The standard InChI is InChI=1S/C13H21NO/c1-9(2)7-14-10(3)6-12(11(14)4)13(5)8-15-13/h6,9H,7-8H2,1-5H3. The van der Waals surface area contributed by atoms with Crippen molar-refractivity contribution in [1.82, 2.24) is 4.57 Å². The van der Waals surface area contributed by atoms with E-state index in [0.29, 0.717) is 5.92 Å². The van der Waals surface area contributed by atoms with E-state index in [9.17, 15) is 0 Å². The van der Waals surface area contributed by atoms with Gasteiger partial charge in [-0.3, -0.25) is 0 Å². The second-order valence-electron chi connectivity index (χ2n) is 5.31. The number of aryl methyl sites for hydroxylation is 1. The van der Waals surface area contributed by atoms with Gasteiger partial charge in [-0.1, -0.05) is 13.8 Å². The lowest BCUT2D eigenvalue weighted by Crippen LogP contribution is -2.10. The molecule has 1 aliphatic heterocycles. The fraction of sp³-hybridized carbons (Fsp3) is 0.692. The lowest BCUT2D eigenvalue weighted by Gasteiger charge is -2.13. The van der Waals surface area contributed by atoms with E-state index in [-0.39, 0.29) is 5.60 Å². The molecule has 1 unspecified atom stereocenters. The predicted octanol–water partition coefficient (Wildman–Crippen LogP) is 3.01. The van der Waals surface area contributed by atoms with Crippen molar-refractivity contribution in [3.63, 3.8) is 0 Å². The monoisotopic (exact) mass is 207 g/mol. The SMILES string of the molecule is Cc1cc(C2(C)CO2)c(C)n1CC(C)C. The van der Waals surface area contributed by atoms with E-state index in [2.05, 4.69) is 45.3 Å². The van der Waals surface area contributed by atoms with Crippen molar-refractivity contribution in [3.05, 3.63) is 23.0 Å². The van der Waals surface area contributed by atoms with Gasteiger partial charge in [-0.05, 0) is 32.8 Å². The first-order valence-electron chi connectivity index (χ1n) is 5.75. The lowest BCUT2D eigenvalue weighted by atomic mass is 10.0. The average Bonchev–Trinajstić information content (AvgIpc) is 2.82. The van der Waals surface area contributed by atoms with Crippen molar-refractivity contribution in [2.45, 2.75) is 46.8 Å². The van der Waals surface area contributed by atoms with Crippen molar-refractivity contribution in [3.8, 4) is 0 Å². The predicted molar refractivity (Wildman–Crippen MR) is 62.0 cm³/mol. The third-order valence-corrected chi connectivity index (χ3v) is 3.27. The first kappa shape index (κ1) is 10.7. The van der Waals surface area contributed by atoms with Gasteiger partial charge < -0.3 is 9.30 Å². The van der Waals surface area contributed by atoms with Crippen molar-refractivity contribution < 1.29 is 4.74 Å². The fourth-order valence-corrected chi connectivity index (χ4v) is 2.25. The largest absolute Gasteiger partial charge is 0.365 e. The summed E-state index contributed by atoms with van der Waals surface area (Å²) in [5.41, 5.74) is 4.12. The van der Waals surface area contributed by atoms with Gasteiger partial charge in [0, 0.05) is 23.5 Å². The molecule has 2 nitrogen and oxygen atoms in total. The van der Waals surface area contributed by atoms with Crippen molar-refractivity contribution in [1.29, 1.82) is 0 Å². The summed E-state index contributed by atoms with van der Waals surface area (Å²) in [6.45, 7) is 13.1. The summed E-state index contributed by atoms with van der Waals surface area (Å²) in [4.78, 5) is 0. The highest BCUT2D eigenvalue weighted by atomic mass is 16.6. The van der Waals surface area contributed by atoms with Crippen LogP contribution >= 0.6 is 0 Å². The molecule has 15 heavy (non-hydrogen) atoms. The molecule has 84 valence electrons. The van der Waals surface area contributed by atoms with Gasteiger partial charge in [0.1, 0.15) is 5.60 Å². The molecule has 0 N–H and O–H groups in total. The van der Waals surface area contributed by atoms with Crippen molar-refractivity contribution >= 4 is 0 Å². The topological polar surface area (TPSA) is 17.5 Å². The van der Waals surface area contributed by atoms with Crippen LogP contribution in [-0.4, -0.2) is 11.2 Å². The first-order chi connectivity index (χ1) is 6.94. The third-order valence-electron chi connectivity index (χ3n) is 3.27. The Labute approximate surface area is 92.2 Å². The van der Waals surface area contributed by atoms with Crippen LogP contribution in [0.15, 0.2) is 6.07 Å². The lowest BCUT2D eigenvalue weighted by molar-refractivity contribution is 0.328. The molecule has 2 heteroatoms. The fourth-order valence-electron chi connectivity index (χ4n) is 2.25. The normalized spacial score (nSPS) is 24.9. The van der Waals surface area contributed by atoms with E-state index in [4.69, 9.17) is 4.74 Å². The number of hydrogen-bond acceptors (Lipinski definition) is 1. The minimum atomic E-state index is 0.0110. The van der Waals surface area contributed by atoms with Crippen LogP contribution in [0.25, 0.3) is 0 Å². The number of nitrogens with zero attached hydrogens (tertiary/aromatic N) is 1. The maximum atomic E-state index is 5.52. The number of rotatable bonds is 3. The molecule has 0 radical (unpaired) electrons. The molecule has 0 saturated carbocycles. The molecule has 1 saturated heterocycles. The van der Waals surface area contributed by atoms with Crippen LogP contribution in [0.3, 0.4) is 0 Å². The van der Waals surface area contributed by atoms with E-state index < -0.39 is 0 Å². The quantitative estimate of drug-likeness (QED) is 0.696. The second kappa shape index (κ2) is 3.38. The Morgan fingerprint density at radius 2 is 2.07 bits per heavy atom. The summed E-state index contributed by atoms with van der Waals surface area (Å²) in [6, 6.07) is 2.28. The van der Waals surface area contributed by atoms with Gasteiger partial charge in [-0.25, -0.2) is 0 Å². The maximum absolute atomic E-state index is 5.52. The molecule has 2 heterocycles. The van der Waals surface area contributed by atoms with E-state index >= 15 is 0 Å². The van der Waals surface area contributed by atoms with Gasteiger partial charge in [-0.2, -0.15) is 0 Å². The zero-order valence-corrected chi connectivity index (χ0v) is 10.4. The molecule has 1 fully saturated rings. The summed E-state index contributed by atoms with van der Waals surface area (Å²) in [5, 5.41) is 0. The Morgan fingerprint density at radius 1 is 1.47 bits per heavy atom. The van der Waals surface area contributed by atoms with Gasteiger partial charge in [-0.15, -0.1) is 0 Å². The Balaban J connectivity index is 2.35. The summed E-state index contributed by atoms with van der Waals surface area (Å²) in [7, 11) is 0. The minimum absolute atomic E-state index is 0.0110. The Hall–Kier alpha value is -0.760. The molecule has 0 aromatic carbocycles. The van der Waals surface area contributed by atoms with E-state index in [1.807, 2.05) is 0 Å². The van der Waals surface area contributed by atoms with Crippen LogP contribution < -0.4 is 0 Å². The highest BCUT2D eigenvalue weighted by Gasteiger charge is 2.43. The maximum Gasteiger partial charge on any atom is 0.115 e. The van der Waals surface area contributed by atoms with Crippen LogP contribution in [-0.2, 0) is 16.9 Å². The van der Waals surface area contributed by atoms with Crippen LogP contribution in [0.1, 0.15) is 37.7 Å². The zero-order chi connectivity index (χ0) is 11.2. The van der Waals surface area contributed by atoms with Crippen LogP contribution in [0.2, 0.25) is 0 Å². The molecule has 0 bridgehead atoms. The Bertz CT molecular complexity index is 372. The van der Waals surface area contributed by atoms with Gasteiger partial charge in [0.05, 0.1) is 6.61 Å². The van der Waals surface area contributed by atoms with Gasteiger partial charge >= 0.3 is 0 Å². The summed E-state index contributed by atoms with van der Waals surface area (Å²) >= 11 is 0. The number of hydrogen-bond donors (Lipinski definition) is 0. The van der Waals surface area contributed by atoms with E-state index in [0.717, 1.165) is 13.2 Å². The van der Waals surface area contributed by atoms with Gasteiger partial charge in [0.2, 0.25) is 0 Å². The molecule has 1 aromatic heterocycles. The average molecular weight is 207 g/mol.